The maximum atomic E-state index is 13.0. The van der Waals surface area contributed by atoms with Gasteiger partial charge in [0.1, 0.15) is 5.75 Å². The van der Waals surface area contributed by atoms with Crippen LogP contribution in [0.15, 0.2) is 36.4 Å². The topological polar surface area (TPSA) is 61.5 Å². The van der Waals surface area contributed by atoms with Crippen molar-refractivity contribution in [1.82, 2.24) is 0 Å². The number of carbonyl (C=O) groups excluding carboxylic acids is 1. The van der Waals surface area contributed by atoms with Crippen LogP contribution in [0.2, 0.25) is 0 Å². The van der Waals surface area contributed by atoms with E-state index in [0.717, 1.165) is 42.4 Å². The summed E-state index contributed by atoms with van der Waals surface area (Å²) in [5, 5.41) is 0. The number of anilines is 1. The van der Waals surface area contributed by atoms with E-state index in [1.165, 1.54) is 18.4 Å². The third kappa shape index (κ3) is 3.98. The molecule has 0 unspecified atom stereocenters. The second kappa shape index (κ2) is 8.10. The molecule has 2 fully saturated rings. The van der Waals surface area contributed by atoms with Crippen molar-refractivity contribution < 1.29 is 14.3 Å². The van der Waals surface area contributed by atoms with Gasteiger partial charge < -0.3 is 15.2 Å². The van der Waals surface area contributed by atoms with E-state index in [9.17, 15) is 4.79 Å². The fraction of sp³-hybridized carbons (Fsp3) is 0.480. The molecular weight excluding hydrogens is 362 g/mol. The lowest BCUT2D eigenvalue weighted by molar-refractivity contribution is -0.150. The number of aryl methyl sites for hydroxylation is 1. The van der Waals surface area contributed by atoms with Crippen LogP contribution in [0.3, 0.4) is 0 Å². The van der Waals surface area contributed by atoms with Crippen LogP contribution in [0.5, 0.6) is 5.75 Å². The Balaban J connectivity index is 1.81. The first-order valence-corrected chi connectivity index (χ1v) is 10.8. The molecule has 2 aromatic rings. The standard InChI is InChI=1S/C25H31NO3/c1-3-28-24(27)25(12-4-5-13-25)20-14-21(19-10-6-17(2)7-11-19)23(26)22(15-20)29-16-18-8-9-18/h6-7,10-11,14-15,18H,3-5,8-9,12-13,16,26H2,1-2H3. The maximum absolute atomic E-state index is 13.0. The second-order valence-corrected chi connectivity index (χ2v) is 8.57. The van der Waals surface area contributed by atoms with Crippen molar-refractivity contribution >= 4 is 11.7 Å². The smallest absolute Gasteiger partial charge is 0.316 e. The molecular formula is C25H31NO3. The van der Waals surface area contributed by atoms with Gasteiger partial charge in [-0.1, -0.05) is 42.7 Å². The predicted molar refractivity (Wildman–Crippen MR) is 116 cm³/mol. The van der Waals surface area contributed by atoms with E-state index in [0.29, 0.717) is 30.6 Å². The van der Waals surface area contributed by atoms with E-state index in [-0.39, 0.29) is 5.97 Å². The third-order valence-electron chi connectivity index (χ3n) is 6.35. The van der Waals surface area contributed by atoms with E-state index in [1.54, 1.807) is 0 Å². The van der Waals surface area contributed by atoms with Gasteiger partial charge in [-0.3, -0.25) is 4.79 Å². The molecule has 2 saturated carbocycles. The highest BCUT2D eigenvalue weighted by atomic mass is 16.5. The largest absolute Gasteiger partial charge is 0.491 e. The van der Waals surface area contributed by atoms with Crippen LogP contribution >= 0.6 is 0 Å². The fourth-order valence-electron chi connectivity index (χ4n) is 4.34. The van der Waals surface area contributed by atoms with Crippen LogP contribution in [0.1, 0.15) is 56.6 Å². The molecule has 2 aliphatic rings. The zero-order chi connectivity index (χ0) is 20.4. The molecule has 4 rings (SSSR count). The number of hydrogen-bond acceptors (Lipinski definition) is 4. The molecule has 0 heterocycles. The van der Waals surface area contributed by atoms with Gasteiger partial charge in [-0.25, -0.2) is 0 Å². The number of nitrogens with two attached hydrogens (primary N) is 1. The summed E-state index contributed by atoms with van der Waals surface area (Å²) in [6.45, 7) is 5.02. The summed E-state index contributed by atoms with van der Waals surface area (Å²) < 4.78 is 11.7. The molecule has 2 N–H and O–H groups in total. The van der Waals surface area contributed by atoms with Crippen molar-refractivity contribution in [2.24, 2.45) is 5.92 Å². The highest BCUT2D eigenvalue weighted by Crippen LogP contribution is 2.47. The summed E-state index contributed by atoms with van der Waals surface area (Å²) in [5.41, 5.74) is 10.8. The van der Waals surface area contributed by atoms with Crippen LogP contribution in [0.25, 0.3) is 11.1 Å². The van der Waals surface area contributed by atoms with E-state index in [1.807, 2.05) is 13.0 Å². The van der Waals surface area contributed by atoms with Gasteiger partial charge in [0.2, 0.25) is 0 Å². The summed E-state index contributed by atoms with van der Waals surface area (Å²) in [4.78, 5) is 13.0. The van der Waals surface area contributed by atoms with Gasteiger partial charge in [0.25, 0.3) is 0 Å². The van der Waals surface area contributed by atoms with Gasteiger partial charge in [-0.15, -0.1) is 0 Å². The first kappa shape index (κ1) is 19.8. The Hall–Kier alpha value is -2.49. The summed E-state index contributed by atoms with van der Waals surface area (Å²) >= 11 is 0. The van der Waals surface area contributed by atoms with Crippen LogP contribution in [-0.2, 0) is 14.9 Å². The van der Waals surface area contributed by atoms with E-state index in [4.69, 9.17) is 15.2 Å². The average molecular weight is 394 g/mol. The van der Waals surface area contributed by atoms with Crippen molar-refractivity contribution in [2.75, 3.05) is 18.9 Å². The van der Waals surface area contributed by atoms with E-state index >= 15 is 0 Å². The van der Waals surface area contributed by atoms with Crippen molar-refractivity contribution in [3.05, 3.63) is 47.5 Å². The van der Waals surface area contributed by atoms with Gasteiger partial charge in [0.15, 0.2) is 0 Å². The molecule has 29 heavy (non-hydrogen) atoms. The van der Waals surface area contributed by atoms with E-state index < -0.39 is 5.41 Å². The van der Waals surface area contributed by atoms with Crippen LogP contribution < -0.4 is 10.5 Å². The molecule has 0 aromatic heterocycles. The Kier molecular flexibility index (Phi) is 5.53. The highest BCUT2D eigenvalue weighted by Gasteiger charge is 2.44. The predicted octanol–water partition coefficient (Wildman–Crippen LogP) is 5.41. The number of carbonyl (C=O) groups is 1. The number of nitrogen functional groups attached to an aromatic ring is 1. The SMILES string of the molecule is CCOC(=O)C1(c2cc(OCC3CC3)c(N)c(-c3ccc(C)cc3)c2)CCCC1. The molecule has 4 nitrogen and oxygen atoms in total. The lowest BCUT2D eigenvalue weighted by Gasteiger charge is -2.29. The summed E-state index contributed by atoms with van der Waals surface area (Å²) in [7, 11) is 0. The number of esters is 1. The third-order valence-corrected chi connectivity index (χ3v) is 6.35. The van der Waals surface area contributed by atoms with Crippen molar-refractivity contribution in [1.29, 1.82) is 0 Å². The number of rotatable bonds is 7. The van der Waals surface area contributed by atoms with Gasteiger partial charge in [0.05, 0.1) is 24.3 Å². The second-order valence-electron chi connectivity index (χ2n) is 8.57. The Labute approximate surface area is 173 Å². The summed E-state index contributed by atoms with van der Waals surface area (Å²) in [6, 6.07) is 12.4. The van der Waals surface area contributed by atoms with Crippen LogP contribution in [0.4, 0.5) is 5.69 Å². The van der Waals surface area contributed by atoms with Crippen molar-refractivity contribution in [2.45, 2.75) is 57.8 Å². The Bertz CT molecular complexity index is 878. The maximum Gasteiger partial charge on any atom is 0.316 e. The minimum atomic E-state index is -0.596. The summed E-state index contributed by atoms with van der Waals surface area (Å²) in [5.74, 6) is 1.21. The monoisotopic (exact) mass is 393 g/mol. The normalized spacial score (nSPS) is 17.9. The number of benzene rings is 2. The summed E-state index contributed by atoms with van der Waals surface area (Å²) in [6.07, 6.45) is 6.12. The van der Waals surface area contributed by atoms with Gasteiger partial charge in [-0.2, -0.15) is 0 Å². The minimum Gasteiger partial charge on any atom is -0.491 e. The first-order valence-electron chi connectivity index (χ1n) is 10.8. The van der Waals surface area contributed by atoms with Gasteiger partial charge in [-0.05, 0) is 68.7 Å². The van der Waals surface area contributed by atoms with E-state index in [2.05, 4.69) is 37.3 Å². The van der Waals surface area contributed by atoms with Crippen molar-refractivity contribution in [3.63, 3.8) is 0 Å². The average Bonchev–Trinajstić information content (AvgIpc) is 3.41. The molecule has 0 saturated heterocycles. The Morgan fingerprint density at radius 3 is 2.45 bits per heavy atom. The molecule has 154 valence electrons. The zero-order valence-electron chi connectivity index (χ0n) is 17.5. The van der Waals surface area contributed by atoms with Crippen molar-refractivity contribution in [3.8, 4) is 16.9 Å². The van der Waals surface area contributed by atoms with Gasteiger partial charge >= 0.3 is 5.97 Å². The molecule has 2 aliphatic carbocycles. The fourth-order valence-corrected chi connectivity index (χ4v) is 4.34. The first-order chi connectivity index (χ1) is 14.0. The lowest BCUT2D eigenvalue weighted by atomic mass is 9.77. The Morgan fingerprint density at radius 2 is 1.83 bits per heavy atom. The van der Waals surface area contributed by atoms with Gasteiger partial charge in [0, 0.05) is 5.56 Å². The molecule has 0 aliphatic heterocycles. The molecule has 4 heteroatoms. The molecule has 2 aromatic carbocycles. The lowest BCUT2D eigenvalue weighted by Crippen LogP contribution is -2.35. The van der Waals surface area contributed by atoms with Crippen LogP contribution in [-0.4, -0.2) is 19.2 Å². The quantitative estimate of drug-likeness (QED) is 0.505. The molecule has 0 bridgehead atoms. The molecule has 0 radical (unpaired) electrons. The van der Waals surface area contributed by atoms with Crippen LogP contribution in [0, 0.1) is 12.8 Å². The Morgan fingerprint density at radius 1 is 1.14 bits per heavy atom. The highest BCUT2D eigenvalue weighted by molar-refractivity contribution is 5.88. The number of hydrogen-bond donors (Lipinski definition) is 1. The molecule has 0 amide bonds. The minimum absolute atomic E-state index is 0.120. The number of ether oxygens (including phenoxy) is 2. The molecule has 0 spiro atoms. The zero-order valence-corrected chi connectivity index (χ0v) is 17.5. The molecule has 0 atom stereocenters.